The number of nitrogens with zero attached hydrogens (tertiary/aromatic N) is 2. The van der Waals surface area contributed by atoms with Crippen molar-refractivity contribution in [2.45, 2.75) is 6.54 Å². The van der Waals surface area contributed by atoms with E-state index in [9.17, 15) is 8.60 Å². The van der Waals surface area contributed by atoms with Gasteiger partial charge in [-0.15, -0.1) is 0 Å². The molecule has 90 valence electrons. The lowest BCUT2D eigenvalue weighted by Crippen LogP contribution is -2.37. The summed E-state index contributed by atoms with van der Waals surface area (Å²) in [5.74, 6) is 0.925. The third-order valence-electron chi connectivity index (χ3n) is 2.83. The smallest absolute Gasteiger partial charge is 0.140 e. The van der Waals surface area contributed by atoms with Crippen LogP contribution in [0, 0.1) is 17.1 Å². The minimum Gasteiger partial charge on any atom is -0.297 e. The van der Waals surface area contributed by atoms with Crippen LogP contribution in [0.5, 0.6) is 0 Å². The molecule has 2 rings (SSSR count). The van der Waals surface area contributed by atoms with Gasteiger partial charge in [0, 0.05) is 41.9 Å². The van der Waals surface area contributed by atoms with E-state index in [0.29, 0.717) is 18.1 Å². The van der Waals surface area contributed by atoms with E-state index in [0.717, 1.165) is 18.7 Å². The van der Waals surface area contributed by atoms with Gasteiger partial charge in [0.15, 0.2) is 0 Å². The predicted molar refractivity (Wildman–Crippen MR) is 64.3 cm³/mol. The molecule has 0 radical (unpaired) electrons. The van der Waals surface area contributed by atoms with E-state index >= 15 is 0 Å². The van der Waals surface area contributed by atoms with Crippen molar-refractivity contribution in [3.8, 4) is 6.07 Å². The van der Waals surface area contributed by atoms with Crippen molar-refractivity contribution in [2.75, 3.05) is 24.6 Å². The quantitative estimate of drug-likeness (QED) is 0.796. The fourth-order valence-electron chi connectivity index (χ4n) is 1.85. The molecule has 1 aliphatic rings. The topological polar surface area (TPSA) is 44.1 Å². The molecule has 1 aromatic rings. The third kappa shape index (κ3) is 3.11. The zero-order valence-corrected chi connectivity index (χ0v) is 10.2. The van der Waals surface area contributed by atoms with Crippen LogP contribution in [-0.2, 0) is 17.3 Å². The van der Waals surface area contributed by atoms with Crippen molar-refractivity contribution in [2.24, 2.45) is 0 Å². The molecule has 17 heavy (non-hydrogen) atoms. The van der Waals surface area contributed by atoms with Crippen molar-refractivity contribution in [1.82, 2.24) is 4.90 Å². The van der Waals surface area contributed by atoms with E-state index in [-0.39, 0.29) is 5.56 Å². The molecule has 1 saturated heterocycles. The minimum atomic E-state index is -0.683. The maximum atomic E-state index is 13.1. The first-order valence-corrected chi connectivity index (χ1v) is 6.93. The Balaban J connectivity index is 2.04. The molecule has 1 heterocycles. The van der Waals surface area contributed by atoms with E-state index < -0.39 is 16.6 Å². The molecular formula is C12H13FN2OS. The van der Waals surface area contributed by atoms with Gasteiger partial charge in [0.2, 0.25) is 0 Å². The Kier molecular flexibility index (Phi) is 3.87. The van der Waals surface area contributed by atoms with E-state index in [1.54, 1.807) is 12.1 Å². The number of hydrogen-bond donors (Lipinski definition) is 0. The number of hydrogen-bond acceptors (Lipinski definition) is 3. The molecule has 0 aliphatic carbocycles. The van der Waals surface area contributed by atoms with Crippen LogP contribution < -0.4 is 0 Å². The molecule has 0 unspecified atom stereocenters. The van der Waals surface area contributed by atoms with Crippen LogP contribution in [0.25, 0.3) is 0 Å². The Hall–Kier alpha value is -1.25. The second-order valence-electron chi connectivity index (χ2n) is 4.05. The molecule has 0 N–H and O–H groups in total. The lowest BCUT2D eigenvalue weighted by Gasteiger charge is -2.26. The van der Waals surface area contributed by atoms with Crippen LogP contribution in [-0.4, -0.2) is 33.7 Å². The Morgan fingerprint density at radius 1 is 1.41 bits per heavy atom. The normalized spacial score (nSPS) is 17.9. The standard InChI is InChI=1S/C12H13FN2OS/c13-12-2-1-10(7-11(12)8-14)9-15-3-5-17(16)6-4-15/h1-2,7H,3-6,9H2. The van der Waals surface area contributed by atoms with Crippen LogP contribution in [0.1, 0.15) is 11.1 Å². The summed E-state index contributed by atoms with van der Waals surface area (Å²) in [5, 5.41) is 8.74. The fraction of sp³-hybridized carbons (Fsp3) is 0.417. The van der Waals surface area contributed by atoms with E-state index in [1.807, 2.05) is 6.07 Å². The average molecular weight is 252 g/mol. The summed E-state index contributed by atoms with van der Waals surface area (Å²) in [5.41, 5.74) is 1.01. The summed E-state index contributed by atoms with van der Waals surface area (Å²) in [4.78, 5) is 2.18. The molecule has 1 fully saturated rings. The summed E-state index contributed by atoms with van der Waals surface area (Å²) in [7, 11) is -0.683. The number of halogens is 1. The second-order valence-corrected chi connectivity index (χ2v) is 5.75. The molecule has 0 saturated carbocycles. The van der Waals surface area contributed by atoms with Crippen LogP contribution in [0.3, 0.4) is 0 Å². The molecule has 1 aliphatic heterocycles. The first-order valence-electron chi connectivity index (χ1n) is 5.45. The SMILES string of the molecule is N#Cc1cc(CN2CCS(=O)CC2)ccc1F. The largest absolute Gasteiger partial charge is 0.297 e. The summed E-state index contributed by atoms with van der Waals surface area (Å²) in [6.45, 7) is 2.28. The molecule has 0 bridgehead atoms. The highest BCUT2D eigenvalue weighted by Gasteiger charge is 2.15. The highest BCUT2D eigenvalue weighted by molar-refractivity contribution is 7.85. The van der Waals surface area contributed by atoms with Crippen LogP contribution in [0.2, 0.25) is 0 Å². The molecule has 5 heteroatoms. The Bertz CT molecular complexity index is 474. The van der Waals surface area contributed by atoms with Gasteiger partial charge in [-0.25, -0.2) is 4.39 Å². The fourth-order valence-corrected chi connectivity index (χ4v) is 2.98. The first kappa shape index (κ1) is 12.2. The van der Waals surface area contributed by atoms with Gasteiger partial charge in [-0.05, 0) is 17.7 Å². The highest BCUT2D eigenvalue weighted by atomic mass is 32.2. The van der Waals surface area contributed by atoms with Crippen LogP contribution in [0.4, 0.5) is 4.39 Å². The lowest BCUT2D eigenvalue weighted by atomic mass is 10.1. The molecule has 1 aromatic carbocycles. The van der Waals surface area contributed by atoms with Gasteiger partial charge in [0.05, 0.1) is 5.56 Å². The van der Waals surface area contributed by atoms with E-state index in [4.69, 9.17) is 5.26 Å². The summed E-state index contributed by atoms with van der Waals surface area (Å²) in [6.07, 6.45) is 0. The van der Waals surface area contributed by atoms with Crippen molar-refractivity contribution in [3.63, 3.8) is 0 Å². The Labute approximate surface area is 102 Å². The van der Waals surface area contributed by atoms with Gasteiger partial charge in [-0.3, -0.25) is 9.11 Å². The molecule has 3 nitrogen and oxygen atoms in total. The van der Waals surface area contributed by atoms with Crippen molar-refractivity contribution in [1.29, 1.82) is 5.26 Å². The van der Waals surface area contributed by atoms with Crippen molar-refractivity contribution < 1.29 is 8.60 Å². The van der Waals surface area contributed by atoms with Crippen LogP contribution >= 0.6 is 0 Å². The van der Waals surface area contributed by atoms with Gasteiger partial charge < -0.3 is 0 Å². The van der Waals surface area contributed by atoms with Crippen molar-refractivity contribution >= 4 is 10.8 Å². The van der Waals surface area contributed by atoms with Crippen molar-refractivity contribution in [3.05, 3.63) is 35.1 Å². The van der Waals surface area contributed by atoms with Crippen LogP contribution in [0.15, 0.2) is 18.2 Å². The van der Waals surface area contributed by atoms with E-state index in [2.05, 4.69) is 4.90 Å². The summed E-state index contributed by atoms with van der Waals surface area (Å²) >= 11 is 0. The Morgan fingerprint density at radius 3 is 2.76 bits per heavy atom. The third-order valence-corrected chi connectivity index (χ3v) is 4.10. The zero-order valence-electron chi connectivity index (χ0n) is 9.36. The Morgan fingerprint density at radius 2 is 2.12 bits per heavy atom. The van der Waals surface area contributed by atoms with Gasteiger partial charge in [0.1, 0.15) is 11.9 Å². The monoisotopic (exact) mass is 252 g/mol. The number of nitriles is 1. The van der Waals surface area contributed by atoms with Gasteiger partial charge in [0.25, 0.3) is 0 Å². The average Bonchev–Trinajstić information content (AvgIpc) is 2.34. The summed E-state index contributed by atoms with van der Waals surface area (Å²) < 4.78 is 24.3. The number of benzene rings is 1. The van der Waals surface area contributed by atoms with E-state index in [1.165, 1.54) is 6.07 Å². The first-order chi connectivity index (χ1) is 8.19. The minimum absolute atomic E-state index is 0.0862. The van der Waals surface area contributed by atoms with Gasteiger partial charge in [-0.2, -0.15) is 5.26 Å². The predicted octanol–water partition coefficient (Wildman–Crippen LogP) is 1.26. The molecular weight excluding hydrogens is 239 g/mol. The highest BCUT2D eigenvalue weighted by Crippen LogP contribution is 2.13. The van der Waals surface area contributed by atoms with Gasteiger partial charge >= 0.3 is 0 Å². The summed E-state index contributed by atoms with van der Waals surface area (Å²) in [6, 6.07) is 6.45. The maximum Gasteiger partial charge on any atom is 0.140 e. The second kappa shape index (κ2) is 5.39. The maximum absolute atomic E-state index is 13.1. The molecule has 0 aromatic heterocycles. The zero-order chi connectivity index (χ0) is 12.3. The van der Waals surface area contributed by atoms with Gasteiger partial charge in [-0.1, -0.05) is 6.07 Å². The molecule has 0 amide bonds. The number of rotatable bonds is 2. The molecule has 0 atom stereocenters. The molecule has 0 spiro atoms. The lowest BCUT2D eigenvalue weighted by molar-refractivity contribution is 0.291.